The molecule has 0 fully saturated rings. The number of carbonyl (C=O) groups is 1. The van der Waals surface area contributed by atoms with Crippen molar-refractivity contribution >= 4 is 23.3 Å². The summed E-state index contributed by atoms with van der Waals surface area (Å²) in [4.78, 5) is 16.5. The predicted octanol–water partition coefficient (Wildman–Crippen LogP) is 4.15. The van der Waals surface area contributed by atoms with Gasteiger partial charge in [-0.3, -0.25) is 4.79 Å². The Morgan fingerprint density at radius 3 is 2.82 bits per heavy atom. The van der Waals surface area contributed by atoms with Crippen molar-refractivity contribution in [3.05, 3.63) is 52.7 Å². The molecule has 0 aliphatic rings. The van der Waals surface area contributed by atoms with Gasteiger partial charge >= 0.3 is 0 Å². The minimum absolute atomic E-state index is 0.234. The Morgan fingerprint density at radius 2 is 2.14 bits per heavy atom. The van der Waals surface area contributed by atoms with Crippen LogP contribution in [-0.2, 0) is 4.79 Å². The number of amides is 1. The number of anilines is 1. The number of aryl methyl sites for hydroxylation is 2. The predicted molar refractivity (Wildman–Crippen MR) is 88.5 cm³/mol. The summed E-state index contributed by atoms with van der Waals surface area (Å²) in [6, 6.07) is 9.20. The van der Waals surface area contributed by atoms with Gasteiger partial charge in [-0.15, -0.1) is 0 Å². The number of hydrogen-bond acceptors (Lipinski definition) is 3. The summed E-state index contributed by atoms with van der Waals surface area (Å²) in [7, 11) is 0. The van der Waals surface area contributed by atoms with Crippen molar-refractivity contribution in [3.63, 3.8) is 0 Å². The number of halogens is 1. The second-order valence-corrected chi connectivity index (χ2v) is 5.51. The zero-order valence-corrected chi connectivity index (χ0v) is 13.6. The molecule has 1 N–H and O–H groups in total. The van der Waals surface area contributed by atoms with Crippen molar-refractivity contribution in [2.45, 2.75) is 33.3 Å². The Morgan fingerprint density at radius 1 is 1.36 bits per heavy atom. The first-order valence-electron chi connectivity index (χ1n) is 7.16. The van der Waals surface area contributed by atoms with Crippen molar-refractivity contribution < 1.29 is 9.53 Å². The third-order valence-corrected chi connectivity index (χ3v) is 3.58. The number of pyridine rings is 1. The van der Waals surface area contributed by atoms with E-state index in [4.69, 9.17) is 16.3 Å². The molecule has 4 nitrogen and oxygen atoms in total. The molecule has 0 radical (unpaired) electrons. The highest BCUT2D eigenvalue weighted by atomic mass is 35.5. The zero-order valence-electron chi connectivity index (χ0n) is 12.9. The van der Waals surface area contributed by atoms with Gasteiger partial charge in [0.2, 0.25) is 0 Å². The zero-order chi connectivity index (χ0) is 16.1. The number of rotatable bonds is 5. The molecular weight excluding hydrogens is 300 g/mol. The molecule has 1 aromatic carbocycles. The molecule has 0 bridgehead atoms. The molecule has 1 amide bonds. The second kappa shape index (κ2) is 7.27. The minimum Gasteiger partial charge on any atom is -0.479 e. The molecule has 0 unspecified atom stereocenters. The largest absolute Gasteiger partial charge is 0.479 e. The first kappa shape index (κ1) is 16.3. The molecule has 0 aliphatic heterocycles. The Kier molecular flexibility index (Phi) is 5.39. The van der Waals surface area contributed by atoms with Gasteiger partial charge in [0.15, 0.2) is 6.10 Å². The average Bonchev–Trinajstić information content (AvgIpc) is 2.50. The quantitative estimate of drug-likeness (QED) is 0.901. The lowest BCUT2D eigenvalue weighted by molar-refractivity contribution is -0.122. The smallest absolute Gasteiger partial charge is 0.266 e. The number of benzene rings is 1. The van der Waals surface area contributed by atoms with Gasteiger partial charge in [-0.05, 0) is 49.6 Å². The molecule has 0 aliphatic carbocycles. The molecule has 22 heavy (non-hydrogen) atoms. The standard InChI is InChI=1S/C17H19ClN2O2/c1-4-14(22-15-10-11(2)7-8-13(15)18)17(21)20-16-12(3)6-5-9-19-16/h5-10,14H,4H2,1-3H3,(H,19,20,21)/t14-/m0/s1. The van der Waals surface area contributed by atoms with E-state index in [1.54, 1.807) is 12.3 Å². The highest BCUT2D eigenvalue weighted by molar-refractivity contribution is 6.32. The van der Waals surface area contributed by atoms with Crippen LogP contribution in [0.25, 0.3) is 0 Å². The molecule has 1 heterocycles. The number of hydrogen-bond donors (Lipinski definition) is 1. The van der Waals surface area contributed by atoms with Crippen LogP contribution in [0.3, 0.4) is 0 Å². The molecule has 0 saturated carbocycles. The summed E-state index contributed by atoms with van der Waals surface area (Å²) in [5, 5.41) is 3.29. The summed E-state index contributed by atoms with van der Waals surface area (Å²) in [5.41, 5.74) is 1.93. The van der Waals surface area contributed by atoms with E-state index in [-0.39, 0.29) is 5.91 Å². The number of nitrogens with one attached hydrogen (secondary N) is 1. The molecule has 5 heteroatoms. The normalized spacial score (nSPS) is 11.8. The Balaban J connectivity index is 2.12. The van der Waals surface area contributed by atoms with E-state index in [1.165, 1.54) is 0 Å². The van der Waals surface area contributed by atoms with E-state index in [9.17, 15) is 4.79 Å². The SMILES string of the molecule is CC[C@H](Oc1cc(C)ccc1Cl)C(=O)Nc1ncccc1C. The van der Waals surface area contributed by atoms with E-state index in [0.717, 1.165) is 11.1 Å². The number of ether oxygens (including phenoxy) is 1. The lowest BCUT2D eigenvalue weighted by Gasteiger charge is -2.18. The van der Waals surface area contributed by atoms with Gasteiger partial charge in [0.05, 0.1) is 5.02 Å². The van der Waals surface area contributed by atoms with Crippen molar-refractivity contribution in [1.29, 1.82) is 0 Å². The Hall–Kier alpha value is -2.07. The van der Waals surface area contributed by atoms with Crippen molar-refractivity contribution in [2.24, 2.45) is 0 Å². The van der Waals surface area contributed by atoms with E-state index in [0.29, 0.717) is 23.0 Å². The van der Waals surface area contributed by atoms with Gasteiger partial charge in [-0.25, -0.2) is 4.98 Å². The summed E-state index contributed by atoms with van der Waals surface area (Å²) in [6.45, 7) is 5.72. The van der Waals surface area contributed by atoms with Crippen LogP contribution in [-0.4, -0.2) is 17.0 Å². The summed E-state index contributed by atoms with van der Waals surface area (Å²) < 4.78 is 5.78. The van der Waals surface area contributed by atoms with Gasteiger partial charge in [0.25, 0.3) is 5.91 Å². The number of aromatic nitrogens is 1. The van der Waals surface area contributed by atoms with Crippen LogP contribution in [0, 0.1) is 13.8 Å². The molecule has 116 valence electrons. The summed E-state index contributed by atoms with van der Waals surface area (Å²) >= 11 is 6.12. The summed E-state index contributed by atoms with van der Waals surface area (Å²) in [5.74, 6) is 0.827. The maximum atomic E-state index is 12.4. The van der Waals surface area contributed by atoms with Gasteiger partial charge in [0.1, 0.15) is 11.6 Å². The first-order valence-corrected chi connectivity index (χ1v) is 7.54. The van der Waals surface area contributed by atoms with Gasteiger partial charge < -0.3 is 10.1 Å². The van der Waals surface area contributed by atoms with Crippen LogP contribution >= 0.6 is 11.6 Å². The monoisotopic (exact) mass is 318 g/mol. The van der Waals surface area contributed by atoms with Crippen LogP contribution in [0.15, 0.2) is 36.5 Å². The van der Waals surface area contributed by atoms with Crippen LogP contribution < -0.4 is 10.1 Å². The first-order chi connectivity index (χ1) is 10.5. The number of carbonyl (C=O) groups excluding carboxylic acids is 1. The highest BCUT2D eigenvalue weighted by Crippen LogP contribution is 2.27. The third-order valence-electron chi connectivity index (χ3n) is 3.27. The fraction of sp³-hybridized carbons (Fsp3) is 0.294. The Bertz CT molecular complexity index is 673. The molecule has 2 rings (SSSR count). The van der Waals surface area contributed by atoms with Crippen LogP contribution in [0.2, 0.25) is 5.02 Å². The molecule has 1 atom stereocenters. The average molecular weight is 319 g/mol. The van der Waals surface area contributed by atoms with Crippen molar-refractivity contribution in [1.82, 2.24) is 4.98 Å². The minimum atomic E-state index is -0.624. The van der Waals surface area contributed by atoms with Gasteiger partial charge in [-0.1, -0.05) is 30.7 Å². The number of nitrogens with zero attached hydrogens (tertiary/aromatic N) is 1. The van der Waals surface area contributed by atoms with E-state index in [1.807, 2.05) is 45.0 Å². The molecular formula is C17H19ClN2O2. The molecule has 1 aromatic heterocycles. The van der Waals surface area contributed by atoms with E-state index in [2.05, 4.69) is 10.3 Å². The van der Waals surface area contributed by atoms with Gasteiger partial charge in [0, 0.05) is 6.20 Å². The fourth-order valence-electron chi connectivity index (χ4n) is 1.99. The van der Waals surface area contributed by atoms with E-state index < -0.39 is 6.10 Å². The lowest BCUT2D eigenvalue weighted by Crippen LogP contribution is -2.33. The van der Waals surface area contributed by atoms with Crippen molar-refractivity contribution in [3.8, 4) is 5.75 Å². The third kappa shape index (κ3) is 3.98. The van der Waals surface area contributed by atoms with Crippen LogP contribution in [0.5, 0.6) is 5.75 Å². The summed E-state index contributed by atoms with van der Waals surface area (Å²) in [6.07, 6.45) is 1.55. The second-order valence-electron chi connectivity index (χ2n) is 5.11. The Labute approximate surface area is 135 Å². The highest BCUT2D eigenvalue weighted by Gasteiger charge is 2.20. The van der Waals surface area contributed by atoms with Gasteiger partial charge in [-0.2, -0.15) is 0 Å². The van der Waals surface area contributed by atoms with Crippen molar-refractivity contribution in [2.75, 3.05) is 5.32 Å². The van der Waals surface area contributed by atoms with Crippen LogP contribution in [0.4, 0.5) is 5.82 Å². The van der Waals surface area contributed by atoms with E-state index >= 15 is 0 Å². The fourth-order valence-corrected chi connectivity index (χ4v) is 2.15. The maximum absolute atomic E-state index is 12.4. The molecule has 0 saturated heterocycles. The molecule has 0 spiro atoms. The van der Waals surface area contributed by atoms with Crippen LogP contribution in [0.1, 0.15) is 24.5 Å². The lowest BCUT2D eigenvalue weighted by atomic mass is 10.2. The maximum Gasteiger partial charge on any atom is 0.266 e. The molecule has 2 aromatic rings. The topological polar surface area (TPSA) is 51.2 Å².